The minimum absolute atomic E-state index is 0.258. The van der Waals surface area contributed by atoms with Crippen LogP contribution < -0.4 is 0 Å². The van der Waals surface area contributed by atoms with E-state index < -0.39 is 42.7 Å². The van der Waals surface area contributed by atoms with E-state index in [1.165, 1.54) is 7.11 Å². The van der Waals surface area contributed by atoms with Gasteiger partial charge in [-0.15, -0.1) is 0 Å². The zero-order chi connectivity index (χ0) is 13.8. The van der Waals surface area contributed by atoms with Crippen LogP contribution in [0.3, 0.4) is 0 Å². The summed E-state index contributed by atoms with van der Waals surface area (Å²) in [7, 11) is -2.02. The molecule has 1 rings (SSSR count). The van der Waals surface area contributed by atoms with E-state index in [2.05, 4.69) is 0 Å². The van der Waals surface area contributed by atoms with E-state index in [1.54, 1.807) is 0 Å². The molecule has 109 valence electrons. The molecule has 0 aromatic carbocycles. The Morgan fingerprint density at radius 1 is 1.11 bits per heavy atom. The van der Waals surface area contributed by atoms with Gasteiger partial charge in [-0.1, -0.05) is 22.4 Å². The third-order valence-corrected chi connectivity index (χ3v) is 6.75. The maximum Gasteiger partial charge on any atom is 0.378 e. The topological polar surface area (TPSA) is 94.0 Å². The summed E-state index contributed by atoms with van der Waals surface area (Å²) in [6.45, 7) is 3.62. The number of hydrogen-bond acceptors (Lipinski definition) is 6. The summed E-state index contributed by atoms with van der Waals surface area (Å²) in [5, 5.41) is 0. The molecule has 18 heavy (non-hydrogen) atoms. The van der Waals surface area contributed by atoms with Crippen LogP contribution in [0.1, 0.15) is 13.8 Å². The molecule has 0 bridgehead atoms. The number of hydrogen-bond donors (Lipinski definition) is 1. The molecule has 9 heteroatoms. The quantitative estimate of drug-likeness (QED) is 0.546. The molecule has 1 N–H and O–H groups in total. The van der Waals surface area contributed by atoms with Crippen LogP contribution in [0.15, 0.2) is 0 Å². The first-order valence-corrected chi connectivity index (χ1v) is 10.2. The molecular weight excluding hydrogens is 299 g/mol. The first-order chi connectivity index (χ1) is 8.44. The predicted octanol–water partition coefficient (Wildman–Crippen LogP) is 0.624. The van der Waals surface area contributed by atoms with Gasteiger partial charge in [-0.3, -0.25) is 9.05 Å². The predicted molar refractivity (Wildman–Crippen MR) is 73.0 cm³/mol. The zero-order valence-corrected chi connectivity index (χ0v) is 13.3. The largest absolute Gasteiger partial charge is 0.616 e. The minimum Gasteiger partial charge on any atom is -0.616 e. The van der Waals surface area contributed by atoms with Crippen molar-refractivity contribution >= 4 is 30.5 Å². The first-order valence-electron chi connectivity index (χ1n) is 5.68. The van der Waals surface area contributed by atoms with Gasteiger partial charge in [0.25, 0.3) is 0 Å². The van der Waals surface area contributed by atoms with E-state index in [1.807, 2.05) is 13.8 Å². The van der Waals surface area contributed by atoms with Crippen LogP contribution in [0, 0.1) is 0 Å². The van der Waals surface area contributed by atoms with Gasteiger partial charge >= 0.3 is 8.17 Å². The monoisotopic (exact) mass is 319 g/mol. The standard InChI is InChI=1S/C9H20O6PS2/c1-4-17(11)6-8-9(7-18(12)5-2)15-16(10,13-3)14-8/h8-10H,4-7H2,1-3H3. The van der Waals surface area contributed by atoms with Crippen molar-refractivity contribution in [1.29, 1.82) is 0 Å². The molecule has 4 unspecified atom stereocenters. The van der Waals surface area contributed by atoms with Crippen molar-refractivity contribution in [2.75, 3.05) is 30.1 Å². The normalized spacial score (nSPS) is 35.7. The lowest BCUT2D eigenvalue weighted by molar-refractivity contribution is 0.170. The van der Waals surface area contributed by atoms with Gasteiger partial charge in [0, 0.05) is 7.11 Å². The molecule has 0 saturated carbocycles. The minimum atomic E-state index is -3.32. The van der Waals surface area contributed by atoms with Gasteiger partial charge in [-0.25, -0.2) is 0 Å². The Morgan fingerprint density at radius 3 is 1.78 bits per heavy atom. The summed E-state index contributed by atoms with van der Waals surface area (Å²) < 4.78 is 38.6. The van der Waals surface area contributed by atoms with Crippen LogP contribution in [0.4, 0.5) is 0 Å². The Bertz CT molecular complexity index is 239. The molecule has 0 amide bonds. The highest BCUT2D eigenvalue weighted by atomic mass is 32.2. The highest BCUT2D eigenvalue weighted by Gasteiger charge is 2.50. The fourth-order valence-corrected chi connectivity index (χ4v) is 4.76. The van der Waals surface area contributed by atoms with Crippen molar-refractivity contribution in [1.82, 2.24) is 0 Å². The molecule has 1 saturated heterocycles. The van der Waals surface area contributed by atoms with E-state index in [-0.39, 0.29) is 11.5 Å². The lowest BCUT2D eigenvalue weighted by Gasteiger charge is -2.18. The van der Waals surface area contributed by atoms with Crippen molar-refractivity contribution in [3.8, 4) is 0 Å². The fraction of sp³-hybridized carbons (Fsp3) is 1.00. The Morgan fingerprint density at radius 2 is 1.50 bits per heavy atom. The zero-order valence-electron chi connectivity index (χ0n) is 10.7. The van der Waals surface area contributed by atoms with E-state index >= 15 is 0 Å². The van der Waals surface area contributed by atoms with Crippen molar-refractivity contribution in [3.05, 3.63) is 0 Å². The van der Waals surface area contributed by atoms with Gasteiger partial charge in [0.2, 0.25) is 0 Å². The second kappa shape index (κ2) is 7.61. The average molecular weight is 319 g/mol. The second-order valence-electron chi connectivity index (χ2n) is 3.73. The molecule has 1 heterocycles. The van der Waals surface area contributed by atoms with E-state index in [0.717, 1.165) is 0 Å². The number of rotatable bonds is 7. The second-order valence-corrected chi connectivity index (χ2v) is 9.03. The van der Waals surface area contributed by atoms with Crippen LogP contribution in [0.5, 0.6) is 0 Å². The third-order valence-electron chi connectivity index (χ3n) is 2.53. The van der Waals surface area contributed by atoms with E-state index in [0.29, 0.717) is 11.5 Å². The fourth-order valence-electron chi connectivity index (χ4n) is 1.47. The van der Waals surface area contributed by atoms with Crippen molar-refractivity contribution < 1.29 is 27.6 Å². The Labute approximate surface area is 114 Å². The molecular formula is C9H20O6PS2. The Balaban J connectivity index is 2.64. The van der Waals surface area contributed by atoms with Gasteiger partial charge in [0.05, 0.1) is 0 Å². The van der Waals surface area contributed by atoms with Gasteiger partial charge < -0.3 is 18.5 Å². The third kappa shape index (κ3) is 4.77. The maximum atomic E-state index is 11.6. The molecule has 1 fully saturated rings. The molecule has 6 nitrogen and oxygen atoms in total. The first kappa shape index (κ1) is 16.9. The Kier molecular flexibility index (Phi) is 7.17. The van der Waals surface area contributed by atoms with Gasteiger partial charge in [0.15, 0.2) is 0 Å². The van der Waals surface area contributed by atoms with Crippen LogP contribution in [-0.4, -0.2) is 56.3 Å². The lowest BCUT2D eigenvalue weighted by Crippen LogP contribution is -2.36. The molecule has 0 aliphatic carbocycles. The Hall–Kier alpha value is 0.890. The molecule has 1 aliphatic rings. The molecule has 0 spiro atoms. The highest BCUT2D eigenvalue weighted by Crippen LogP contribution is 2.64. The van der Waals surface area contributed by atoms with Gasteiger partial charge in [-0.2, -0.15) is 0 Å². The molecule has 4 atom stereocenters. The SMILES string of the molecule is CC[S+]([O-])CC1O[P](O)(OC)OC1C[S+]([O-])CC. The van der Waals surface area contributed by atoms with Crippen molar-refractivity contribution in [2.45, 2.75) is 26.1 Å². The average Bonchev–Trinajstić information content (AvgIpc) is 2.66. The van der Waals surface area contributed by atoms with Crippen LogP contribution >= 0.6 is 8.17 Å². The molecule has 1 aliphatic heterocycles. The van der Waals surface area contributed by atoms with Crippen molar-refractivity contribution in [2.24, 2.45) is 0 Å². The van der Waals surface area contributed by atoms with Crippen LogP contribution in [0.2, 0.25) is 0 Å². The lowest BCUT2D eigenvalue weighted by atomic mass is 10.3. The highest BCUT2D eigenvalue weighted by molar-refractivity contribution is 7.91. The van der Waals surface area contributed by atoms with Gasteiger partial charge in [-0.05, 0) is 13.8 Å². The maximum absolute atomic E-state index is 11.6. The molecule has 0 aromatic heterocycles. The van der Waals surface area contributed by atoms with Crippen molar-refractivity contribution in [3.63, 3.8) is 0 Å². The van der Waals surface area contributed by atoms with E-state index in [4.69, 9.17) is 13.6 Å². The van der Waals surface area contributed by atoms with E-state index in [9.17, 15) is 14.0 Å². The van der Waals surface area contributed by atoms with Crippen LogP contribution in [0.25, 0.3) is 0 Å². The summed E-state index contributed by atoms with van der Waals surface area (Å²) in [6.07, 6.45) is -1.06. The summed E-state index contributed by atoms with van der Waals surface area (Å²) in [5.74, 6) is 1.53. The summed E-state index contributed by atoms with van der Waals surface area (Å²) in [4.78, 5) is 9.86. The summed E-state index contributed by atoms with van der Waals surface area (Å²) >= 11 is -2.08. The molecule has 1 radical (unpaired) electrons. The smallest absolute Gasteiger partial charge is 0.378 e. The summed E-state index contributed by atoms with van der Waals surface area (Å²) in [5.41, 5.74) is 0. The molecule has 0 aromatic rings. The summed E-state index contributed by atoms with van der Waals surface area (Å²) in [6, 6.07) is 0. The van der Waals surface area contributed by atoms with Gasteiger partial charge in [0.1, 0.15) is 35.2 Å². The van der Waals surface area contributed by atoms with Crippen LogP contribution in [-0.2, 0) is 35.9 Å².